The zero-order valence-corrected chi connectivity index (χ0v) is 13.3. The molecule has 2 N–H and O–H groups in total. The molecule has 0 saturated carbocycles. The molecule has 1 aliphatic heterocycles. The number of likely N-dealkylation sites (tertiary alicyclic amines) is 1. The first kappa shape index (κ1) is 15.5. The van der Waals surface area contributed by atoms with Gasteiger partial charge in [-0.3, -0.25) is 4.79 Å². The average molecular weight is 341 g/mol. The normalized spacial score (nSPS) is 20.1. The molecule has 1 heterocycles. The van der Waals surface area contributed by atoms with E-state index in [2.05, 4.69) is 28.1 Å². The summed E-state index contributed by atoms with van der Waals surface area (Å²) in [7, 11) is 1.62. The standard InChI is InChI=1S/C15H21BrN2O2/c1-20-9-7-13(17)15(19)18-8-3-6-14(18)11-4-2-5-12(16)10-11/h2,4-5,10,13-14H,3,6-9,17H2,1H3. The summed E-state index contributed by atoms with van der Waals surface area (Å²) >= 11 is 3.48. The summed E-state index contributed by atoms with van der Waals surface area (Å²) in [5.41, 5.74) is 7.14. The number of hydrogen-bond donors (Lipinski definition) is 1. The Kier molecular flexibility index (Phi) is 5.57. The molecule has 1 saturated heterocycles. The lowest BCUT2D eigenvalue weighted by molar-refractivity contribution is -0.134. The van der Waals surface area contributed by atoms with Gasteiger partial charge >= 0.3 is 0 Å². The van der Waals surface area contributed by atoms with Crippen LogP contribution in [0, 0.1) is 0 Å². The van der Waals surface area contributed by atoms with Crippen LogP contribution in [-0.2, 0) is 9.53 Å². The van der Waals surface area contributed by atoms with Gasteiger partial charge in [0.2, 0.25) is 5.91 Å². The molecule has 4 nitrogen and oxygen atoms in total. The predicted octanol–water partition coefficient (Wildman–Crippen LogP) is 2.48. The van der Waals surface area contributed by atoms with Gasteiger partial charge in [-0.1, -0.05) is 28.1 Å². The lowest BCUT2D eigenvalue weighted by atomic mass is 10.0. The molecule has 1 fully saturated rings. The highest BCUT2D eigenvalue weighted by Crippen LogP contribution is 2.33. The van der Waals surface area contributed by atoms with E-state index in [0.717, 1.165) is 23.9 Å². The van der Waals surface area contributed by atoms with Gasteiger partial charge in [-0.2, -0.15) is 0 Å². The third kappa shape index (κ3) is 3.59. The molecular formula is C15H21BrN2O2. The second-order valence-corrected chi connectivity index (χ2v) is 6.05. The van der Waals surface area contributed by atoms with Gasteiger partial charge in [0.25, 0.3) is 0 Å². The van der Waals surface area contributed by atoms with Crippen LogP contribution in [0.25, 0.3) is 0 Å². The maximum atomic E-state index is 12.5. The van der Waals surface area contributed by atoms with E-state index in [1.54, 1.807) is 7.11 Å². The number of nitrogens with zero attached hydrogens (tertiary/aromatic N) is 1. The summed E-state index contributed by atoms with van der Waals surface area (Å²) in [6.45, 7) is 1.30. The minimum atomic E-state index is -0.470. The molecule has 1 aromatic carbocycles. The Bertz CT molecular complexity index is 467. The molecule has 1 aliphatic rings. The number of benzene rings is 1. The number of nitrogens with two attached hydrogens (primary N) is 1. The van der Waals surface area contributed by atoms with Crippen LogP contribution in [0.4, 0.5) is 0 Å². The number of methoxy groups -OCH3 is 1. The van der Waals surface area contributed by atoms with Crippen LogP contribution >= 0.6 is 15.9 Å². The third-order valence-corrected chi connectivity index (χ3v) is 4.21. The van der Waals surface area contributed by atoms with Crippen LogP contribution in [0.15, 0.2) is 28.7 Å². The Balaban J connectivity index is 2.09. The molecule has 1 aromatic rings. The Morgan fingerprint density at radius 1 is 1.60 bits per heavy atom. The maximum Gasteiger partial charge on any atom is 0.240 e. The molecule has 2 atom stereocenters. The molecular weight excluding hydrogens is 320 g/mol. The minimum absolute atomic E-state index is 0.0320. The van der Waals surface area contributed by atoms with Crippen molar-refractivity contribution in [2.45, 2.75) is 31.3 Å². The lowest BCUT2D eigenvalue weighted by Crippen LogP contribution is -2.43. The quantitative estimate of drug-likeness (QED) is 0.895. The Hall–Kier alpha value is -0.910. The summed E-state index contributed by atoms with van der Waals surface area (Å²) in [4.78, 5) is 14.4. The van der Waals surface area contributed by atoms with E-state index in [1.807, 2.05) is 17.0 Å². The van der Waals surface area contributed by atoms with Crippen molar-refractivity contribution < 1.29 is 9.53 Å². The first-order valence-corrected chi connectivity index (χ1v) is 7.73. The Labute approximate surface area is 128 Å². The second kappa shape index (κ2) is 7.20. The van der Waals surface area contributed by atoms with E-state index in [4.69, 9.17) is 10.5 Å². The van der Waals surface area contributed by atoms with Crippen LogP contribution in [0.1, 0.15) is 30.9 Å². The van der Waals surface area contributed by atoms with Crippen molar-refractivity contribution in [2.24, 2.45) is 5.73 Å². The molecule has 0 radical (unpaired) electrons. The van der Waals surface area contributed by atoms with Crippen LogP contribution in [0.3, 0.4) is 0 Å². The van der Waals surface area contributed by atoms with Gasteiger partial charge in [-0.05, 0) is 37.0 Å². The van der Waals surface area contributed by atoms with Crippen LogP contribution in [0.2, 0.25) is 0 Å². The molecule has 20 heavy (non-hydrogen) atoms. The molecule has 1 amide bonds. The number of halogens is 1. The monoisotopic (exact) mass is 340 g/mol. The fraction of sp³-hybridized carbons (Fsp3) is 0.533. The molecule has 0 aromatic heterocycles. The summed E-state index contributed by atoms with van der Waals surface area (Å²) in [5.74, 6) is 0.0320. The molecule has 5 heteroatoms. The number of carbonyl (C=O) groups is 1. The fourth-order valence-electron chi connectivity index (χ4n) is 2.67. The molecule has 0 bridgehead atoms. The summed E-state index contributed by atoms with van der Waals surface area (Å²) < 4.78 is 6.04. The van der Waals surface area contributed by atoms with Crippen molar-refractivity contribution in [2.75, 3.05) is 20.3 Å². The van der Waals surface area contributed by atoms with E-state index >= 15 is 0 Å². The first-order valence-electron chi connectivity index (χ1n) is 6.94. The van der Waals surface area contributed by atoms with Gasteiger partial charge in [0.05, 0.1) is 12.1 Å². The largest absolute Gasteiger partial charge is 0.385 e. The number of rotatable bonds is 5. The topological polar surface area (TPSA) is 55.6 Å². The van der Waals surface area contributed by atoms with E-state index in [-0.39, 0.29) is 11.9 Å². The number of hydrogen-bond acceptors (Lipinski definition) is 3. The van der Waals surface area contributed by atoms with Gasteiger partial charge in [-0.15, -0.1) is 0 Å². The third-order valence-electron chi connectivity index (χ3n) is 3.72. The van der Waals surface area contributed by atoms with Crippen LogP contribution in [0.5, 0.6) is 0 Å². The molecule has 0 aliphatic carbocycles. The van der Waals surface area contributed by atoms with Gasteiger partial charge in [-0.25, -0.2) is 0 Å². The van der Waals surface area contributed by atoms with Crippen LogP contribution in [-0.4, -0.2) is 37.1 Å². The van der Waals surface area contributed by atoms with Gasteiger partial charge < -0.3 is 15.4 Å². The van der Waals surface area contributed by atoms with Gasteiger partial charge in [0.15, 0.2) is 0 Å². The first-order chi connectivity index (χ1) is 9.63. The highest BCUT2D eigenvalue weighted by Gasteiger charge is 2.32. The van der Waals surface area contributed by atoms with E-state index < -0.39 is 6.04 Å². The van der Waals surface area contributed by atoms with Gasteiger partial charge in [0.1, 0.15) is 0 Å². The number of ether oxygens (including phenoxy) is 1. The summed E-state index contributed by atoms with van der Waals surface area (Å²) in [5, 5.41) is 0. The van der Waals surface area contributed by atoms with Gasteiger partial charge in [0, 0.05) is 24.7 Å². The van der Waals surface area contributed by atoms with Crippen molar-refractivity contribution in [1.29, 1.82) is 0 Å². The minimum Gasteiger partial charge on any atom is -0.385 e. The number of carbonyl (C=O) groups excluding carboxylic acids is 1. The molecule has 2 unspecified atom stereocenters. The fourth-order valence-corrected chi connectivity index (χ4v) is 3.09. The summed E-state index contributed by atoms with van der Waals surface area (Å²) in [6, 6.07) is 7.83. The van der Waals surface area contributed by atoms with Crippen molar-refractivity contribution in [3.63, 3.8) is 0 Å². The zero-order chi connectivity index (χ0) is 14.5. The summed E-state index contributed by atoms with van der Waals surface area (Å²) in [6.07, 6.45) is 2.59. The van der Waals surface area contributed by atoms with Crippen LogP contribution < -0.4 is 5.73 Å². The van der Waals surface area contributed by atoms with Crippen molar-refractivity contribution >= 4 is 21.8 Å². The maximum absolute atomic E-state index is 12.5. The number of amides is 1. The molecule has 0 spiro atoms. The highest BCUT2D eigenvalue weighted by atomic mass is 79.9. The van der Waals surface area contributed by atoms with E-state index in [0.29, 0.717) is 13.0 Å². The Morgan fingerprint density at radius 2 is 2.40 bits per heavy atom. The van der Waals surface area contributed by atoms with Crippen molar-refractivity contribution in [3.05, 3.63) is 34.3 Å². The SMILES string of the molecule is COCCC(N)C(=O)N1CCCC1c1cccc(Br)c1. The molecule has 2 rings (SSSR count). The Morgan fingerprint density at radius 3 is 3.10 bits per heavy atom. The van der Waals surface area contributed by atoms with E-state index in [9.17, 15) is 4.79 Å². The smallest absolute Gasteiger partial charge is 0.240 e. The van der Waals surface area contributed by atoms with Crippen molar-refractivity contribution in [1.82, 2.24) is 4.90 Å². The van der Waals surface area contributed by atoms with E-state index in [1.165, 1.54) is 5.56 Å². The predicted molar refractivity (Wildman–Crippen MR) is 82.3 cm³/mol. The zero-order valence-electron chi connectivity index (χ0n) is 11.7. The average Bonchev–Trinajstić information content (AvgIpc) is 2.93. The molecule has 110 valence electrons. The second-order valence-electron chi connectivity index (χ2n) is 5.13. The lowest BCUT2D eigenvalue weighted by Gasteiger charge is -2.28. The van der Waals surface area contributed by atoms with Crippen molar-refractivity contribution in [3.8, 4) is 0 Å². The highest BCUT2D eigenvalue weighted by molar-refractivity contribution is 9.10.